The van der Waals surface area contributed by atoms with Gasteiger partial charge in [-0.25, -0.2) is 4.79 Å². The maximum Gasteiger partial charge on any atom is 0.410 e. The van der Waals surface area contributed by atoms with E-state index in [9.17, 15) is 9.70 Å². The second-order valence-electron chi connectivity index (χ2n) is 6.41. The number of hydrogen-bond donors (Lipinski definition) is 0. The van der Waals surface area contributed by atoms with E-state index in [4.69, 9.17) is 4.74 Å². The molecule has 2 rings (SSSR count). The summed E-state index contributed by atoms with van der Waals surface area (Å²) in [7, 11) is 0. The Hall–Kier alpha value is -1.33. The van der Waals surface area contributed by atoms with E-state index in [-0.39, 0.29) is 11.5 Å². The number of ether oxygens (including phenoxy) is 1. The summed E-state index contributed by atoms with van der Waals surface area (Å²) in [6, 6.07) is 0. The van der Waals surface area contributed by atoms with Gasteiger partial charge in [0.25, 0.3) is 0 Å². The van der Waals surface area contributed by atoms with E-state index < -0.39 is 5.60 Å². The van der Waals surface area contributed by atoms with Gasteiger partial charge >= 0.3 is 6.09 Å². The molecule has 0 N–H and O–H groups in total. The number of rotatable bonds is 1. The summed E-state index contributed by atoms with van der Waals surface area (Å²) in [5.74, 6) is 0. The zero-order valence-electron chi connectivity index (χ0n) is 11.3. The molecule has 1 spiro atoms. The second-order valence-corrected chi connectivity index (χ2v) is 6.41. The van der Waals surface area contributed by atoms with Crippen LogP contribution in [0.4, 0.5) is 4.79 Å². The summed E-state index contributed by atoms with van der Waals surface area (Å²) in [6.45, 7) is 8.34. The van der Waals surface area contributed by atoms with Crippen molar-refractivity contribution in [1.29, 1.82) is 0 Å². The van der Waals surface area contributed by atoms with Crippen LogP contribution in [0.1, 0.15) is 33.6 Å². The molecule has 2 heterocycles. The number of amides is 1. The fourth-order valence-corrected chi connectivity index (χ4v) is 2.73. The third-order valence-electron chi connectivity index (χ3n) is 3.46. The molecule has 6 heteroatoms. The average Bonchev–Trinajstić information content (AvgIpc) is 2.23. The molecule has 2 fully saturated rings. The Labute approximate surface area is 107 Å². The van der Waals surface area contributed by atoms with Gasteiger partial charge in [-0.1, -0.05) is 0 Å². The summed E-state index contributed by atoms with van der Waals surface area (Å²) in [5, 5.41) is 4.43. The summed E-state index contributed by atoms with van der Waals surface area (Å²) in [5.41, 5.74) is -0.402. The molecular formula is C12H21N3O3. The van der Waals surface area contributed by atoms with E-state index in [0.29, 0.717) is 19.6 Å². The lowest BCUT2D eigenvalue weighted by Gasteiger charge is -2.51. The van der Waals surface area contributed by atoms with Crippen LogP contribution in [0.3, 0.4) is 0 Å². The maximum absolute atomic E-state index is 12.0. The molecule has 0 bridgehead atoms. The van der Waals surface area contributed by atoms with E-state index in [1.165, 1.54) is 5.01 Å². The van der Waals surface area contributed by atoms with Gasteiger partial charge in [-0.05, 0) is 33.6 Å². The van der Waals surface area contributed by atoms with Gasteiger partial charge in [0.1, 0.15) is 5.60 Å². The molecule has 0 aromatic heterocycles. The molecule has 0 saturated carbocycles. The van der Waals surface area contributed by atoms with Crippen LogP contribution < -0.4 is 0 Å². The minimum absolute atomic E-state index is 0.0586. The van der Waals surface area contributed by atoms with Crippen molar-refractivity contribution in [2.24, 2.45) is 10.7 Å². The zero-order chi connectivity index (χ0) is 13.4. The highest BCUT2D eigenvalue weighted by molar-refractivity contribution is 5.68. The Morgan fingerprint density at radius 1 is 1.28 bits per heavy atom. The van der Waals surface area contributed by atoms with Gasteiger partial charge in [-0.2, -0.15) is 0 Å². The van der Waals surface area contributed by atoms with Crippen molar-refractivity contribution >= 4 is 6.09 Å². The van der Waals surface area contributed by atoms with Crippen LogP contribution in [0.5, 0.6) is 0 Å². The van der Waals surface area contributed by atoms with Crippen molar-refractivity contribution < 1.29 is 9.53 Å². The number of hydrogen-bond acceptors (Lipinski definition) is 4. The third kappa shape index (κ3) is 2.73. The van der Waals surface area contributed by atoms with E-state index in [2.05, 4.69) is 5.29 Å². The third-order valence-corrected chi connectivity index (χ3v) is 3.46. The highest BCUT2D eigenvalue weighted by Gasteiger charge is 2.47. The quantitative estimate of drug-likeness (QED) is 0.672. The molecule has 0 radical (unpaired) electrons. The van der Waals surface area contributed by atoms with Crippen molar-refractivity contribution in [2.75, 3.05) is 26.2 Å². The molecule has 2 aliphatic rings. The van der Waals surface area contributed by atoms with E-state index in [1.54, 1.807) is 4.90 Å². The number of nitroso groups, excluding NO2 is 1. The first-order chi connectivity index (χ1) is 8.34. The lowest BCUT2D eigenvalue weighted by molar-refractivity contribution is -0.0598. The highest BCUT2D eigenvalue weighted by Crippen LogP contribution is 2.39. The first-order valence-corrected chi connectivity index (χ1v) is 6.40. The van der Waals surface area contributed by atoms with E-state index in [0.717, 1.165) is 19.4 Å². The molecule has 1 amide bonds. The predicted molar refractivity (Wildman–Crippen MR) is 66.8 cm³/mol. The molecule has 2 aliphatic heterocycles. The molecule has 2 saturated heterocycles. The lowest BCUT2D eigenvalue weighted by atomic mass is 9.74. The fraction of sp³-hybridized carbons (Fsp3) is 0.917. The maximum atomic E-state index is 12.0. The van der Waals surface area contributed by atoms with Crippen molar-refractivity contribution in [2.45, 2.75) is 39.2 Å². The van der Waals surface area contributed by atoms with Crippen LogP contribution in [0, 0.1) is 10.3 Å². The Balaban J connectivity index is 1.91. The normalized spacial score (nSPS) is 22.6. The van der Waals surface area contributed by atoms with Crippen LogP contribution in [0.25, 0.3) is 0 Å². The Bertz CT molecular complexity index is 345. The van der Waals surface area contributed by atoms with Gasteiger partial charge < -0.3 is 9.64 Å². The lowest BCUT2D eigenvalue weighted by Crippen LogP contribution is -2.62. The number of nitrogens with zero attached hydrogens (tertiary/aromatic N) is 3. The molecule has 0 aliphatic carbocycles. The van der Waals surface area contributed by atoms with Gasteiger partial charge in [-0.15, -0.1) is 4.91 Å². The number of piperidine rings is 1. The largest absolute Gasteiger partial charge is 0.444 e. The number of carbonyl (C=O) groups is 1. The first kappa shape index (κ1) is 13.1. The standard InChI is InChI=1S/C12H21N3O3/c1-11(2,3)18-10(16)14-6-4-5-12(7-14)8-15(9-12)13-17/h4-9H2,1-3H3. The van der Waals surface area contributed by atoms with Gasteiger partial charge in [0.05, 0.1) is 5.29 Å². The summed E-state index contributed by atoms with van der Waals surface area (Å²) >= 11 is 0. The molecule has 18 heavy (non-hydrogen) atoms. The van der Waals surface area contributed by atoms with Crippen molar-refractivity contribution in [3.8, 4) is 0 Å². The van der Waals surface area contributed by atoms with Crippen LogP contribution in [-0.2, 0) is 4.74 Å². The highest BCUT2D eigenvalue weighted by atomic mass is 16.6. The monoisotopic (exact) mass is 255 g/mol. The summed E-state index contributed by atoms with van der Waals surface area (Å²) in [4.78, 5) is 24.1. The van der Waals surface area contributed by atoms with Crippen LogP contribution in [-0.4, -0.2) is 47.8 Å². The SMILES string of the molecule is CC(C)(C)OC(=O)N1CCCC2(CN(N=O)C2)C1. The molecule has 102 valence electrons. The van der Waals surface area contributed by atoms with Crippen molar-refractivity contribution in [1.82, 2.24) is 9.91 Å². The van der Waals surface area contributed by atoms with Crippen molar-refractivity contribution in [3.63, 3.8) is 0 Å². The van der Waals surface area contributed by atoms with Gasteiger partial charge in [0.15, 0.2) is 0 Å². The minimum atomic E-state index is -0.461. The number of likely N-dealkylation sites (tertiary alicyclic amines) is 1. The number of carbonyl (C=O) groups excluding carboxylic acids is 1. The first-order valence-electron chi connectivity index (χ1n) is 6.40. The van der Waals surface area contributed by atoms with Gasteiger partial charge in [-0.3, -0.25) is 5.01 Å². The van der Waals surface area contributed by atoms with Crippen LogP contribution in [0.2, 0.25) is 0 Å². The predicted octanol–water partition coefficient (Wildman–Crippen LogP) is 2.00. The molecule has 0 aromatic rings. The minimum Gasteiger partial charge on any atom is -0.444 e. The Morgan fingerprint density at radius 3 is 2.50 bits per heavy atom. The van der Waals surface area contributed by atoms with E-state index >= 15 is 0 Å². The van der Waals surface area contributed by atoms with E-state index in [1.807, 2.05) is 20.8 Å². The smallest absolute Gasteiger partial charge is 0.410 e. The second kappa shape index (κ2) is 4.40. The average molecular weight is 255 g/mol. The molecule has 0 aromatic carbocycles. The van der Waals surface area contributed by atoms with Crippen LogP contribution >= 0.6 is 0 Å². The van der Waals surface area contributed by atoms with Gasteiger partial charge in [0, 0.05) is 31.6 Å². The Kier molecular flexibility index (Phi) is 3.21. The zero-order valence-corrected chi connectivity index (χ0v) is 11.3. The molecule has 6 nitrogen and oxygen atoms in total. The summed E-state index contributed by atoms with van der Waals surface area (Å²) < 4.78 is 5.38. The molecule has 0 unspecified atom stereocenters. The molecular weight excluding hydrogens is 234 g/mol. The fourth-order valence-electron chi connectivity index (χ4n) is 2.73. The Morgan fingerprint density at radius 2 is 1.94 bits per heavy atom. The van der Waals surface area contributed by atoms with Crippen LogP contribution in [0.15, 0.2) is 5.29 Å². The topological polar surface area (TPSA) is 62.2 Å². The van der Waals surface area contributed by atoms with Crippen molar-refractivity contribution in [3.05, 3.63) is 4.91 Å². The molecule has 0 atom stereocenters. The van der Waals surface area contributed by atoms with Gasteiger partial charge in [0.2, 0.25) is 0 Å². The summed E-state index contributed by atoms with van der Waals surface area (Å²) in [6.07, 6.45) is 1.77.